The average molecular weight is 864 g/mol. The third-order valence-electron chi connectivity index (χ3n) is 10.3. The van der Waals surface area contributed by atoms with Gasteiger partial charge in [0.25, 0.3) is 0 Å². The molecule has 0 amide bonds. The first-order valence-corrected chi connectivity index (χ1v) is 24.3. The monoisotopic (exact) mass is 864 g/mol. The van der Waals surface area contributed by atoms with E-state index < -0.39 is 18.1 Å². The summed E-state index contributed by atoms with van der Waals surface area (Å²) in [7, 11) is 5.39. The van der Waals surface area contributed by atoms with Gasteiger partial charge >= 0.3 is 11.9 Å². The molecule has 0 aromatic carbocycles. The highest BCUT2D eigenvalue weighted by Crippen LogP contribution is 2.14. The molecule has 0 aliphatic carbocycles. The normalized spacial score (nSPS) is 13.8. The number of carbonyl (C=O) groups is 3. The van der Waals surface area contributed by atoms with Crippen molar-refractivity contribution in [3.05, 3.63) is 97.2 Å². The van der Waals surface area contributed by atoms with Crippen LogP contribution in [0.25, 0.3) is 0 Å². The summed E-state index contributed by atoms with van der Waals surface area (Å²) < 4.78 is 17.2. The minimum Gasteiger partial charge on any atom is -0.544 e. The summed E-state index contributed by atoms with van der Waals surface area (Å²) in [4.78, 5) is 37.0. The molecule has 8 heteroatoms. The Balaban J connectivity index is 4.30. The van der Waals surface area contributed by atoms with Crippen molar-refractivity contribution in [3.8, 4) is 0 Å². The maximum absolute atomic E-state index is 12.8. The second-order valence-electron chi connectivity index (χ2n) is 17.0. The van der Waals surface area contributed by atoms with Crippen LogP contribution in [0, 0.1) is 0 Å². The standard InChI is InChI=1S/C54H89NO7/c1-6-8-10-12-14-16-18-20-22-23-24-25-26-27-28-29-31-33-35-37-39-41-43-45-53(57)62-50(48-60-47-46-51(54(58)59)55(3,4)5)49-61-52(56)44-42-40-38-36-34-32-30-21-19-17-15-13-11-9-7-2/h8-11,13-17,19-22,24-25,30,50-51H,6-7,12,18,23,26-29,31-49H2,1-5H3/b10-8+,11-9+,15-13+,16-14+,19-17+,22-20+,25-24+,30-21+. The molecule has 0 aliphatic rings. The van der Waals surface area contributed by atoms with E-state index in [1.165, 1.54) is 44.9 Å². The van der Waals surface area contributed by atoms with E-state index in [9.17, 15) is 19.5 Å². The minimum atomic E-state index is -1.13. The number of hydrogen-bond acceptors (Lipinski definition) is 7. The predicted molar refractivity (Wildman–Crippen MR) is 258 cm³/mol. The molecule has 352 valence electrons. The Hall–Kier alpha value is -3.75. The van der Waals surface area contributed by atoms with Crippen LogP contribution < -0.4 is 5.11 Å². The van der Waals surface area contributed by atoms with Gasteiger partial charge < -0.3 is 28.6 Å². The molecule has 2 unspecified atom stereocenters. The Morgan fingerprint density at radius 2 is 0.935 bits per heavy atom. The van der Waals surface area contributed by atoms with E-state index in [0.717, 1.165) is 96.3 Å². The SMILES string of the molecule is CC/C=C/C=C/C=C/C=C/CCCCCCCC(=O)OCC(COCCC(C(=O)[O-])[N+](C)(C)C)OC(=O)CCCCCCCCCCCC/C=C/C/C=C/C/C=C/C/C=C/CC. The van der Waals surface area contributed by atoms with E-state index >= 15 is 0 Å². The van der Waals surface area contributed by atoms with Gasteiger partial charge in [-0.15, -0.1) is 0 Å². The Kier molecular flexibility index (Phi) is 41.2. The van der Waals surface area contributed by atoms with Gasteiger partial charge in [-0.1, -0.05) is 182 Å². The molecule has 0 aromatic heterocycles. The van der Waals surface area contributed by atoms with Crippen LogP contribution in [0.4, 0.5) is 0 Å². The van der Waals surface area contributed by atoms with Crippen molar-refractivity contribution in [2.24, 2.45) is 0 Å². The lowest BCUT2D eigenvalue weighted by molar-refractivity contribution is -0.889. The van der Waals surface area contributed by atoms with Crippen molar-refractivity contribution >= 4 is 17.9 Å². The Morgan fingerprint density at radius 3 is 1.45 bits per heavy atom. The van der Waals surface area contributed by atoms with E-state index in [-0.39, 0.29) is 42.7 Å². The number of carbonyl (C=O) groups excluding carboxylic acids is 3. The molecule has 0 saturated carbocycles. The number of ether oxygens (including phenoxy) is 3. The van der Waals surface area contributed by atoms with Crippen LogP contribution in [-0.2, 0) is 28.6 Å². The topological polar surface area (TPSA) is 102 Å². The number of allylic oxidation sites excluding steroid dienone is 16. The first kappa shape index (κ1) is 58.2. The van der Waals surface area contributed by atoms with Crippen molar-refractivity contribution in [1.82, 2.24) is 0 Å². The van der Waals surface area contributed by atoms with Gasteiger partial charge in [0, 0.05) is 19.3 Å². The molecular weight excluding hydrogens is 775 g/mol. The predicted octanol–water partition coefficient (Wildman–Crippen LogP) is 12.5. The number of rotatable bonds is 42. The second kappa shape index (κ2) is 43.9. The first-order valence-electron chi connectivity index (χ1n) is 24.3. The molecule has 0 fully saturated rings. The maximum Gasteiger partial charge on any atom is 0.306 e. The van der Waals surface area contributed by atoms with Gasteiger partial charge in [0.05, 0.1) is 40.3 Å². The molecule has 0 rings (SSSR count). The number of carboxylic acid groups (broad SMARTS) is 1. The molecule has 0 radical (unpaired) electrons. The van der Waals surface area contributed by atoms with E-state index in [1.807, 2.05) is 30.4 Å². The molecular formula is C54H89NO7. The Morgan fingerprint density at radius 1 is 0.500 bits per heavy atom. The molecule has 0 N–H and O–H groups in total. The van der Waals surface area contributed by atoms with Gasteiger partial charge in [0.15, 0.2) is 6.10 Å². The molecule has 0 bridgehead atoms. The minimum absolute atomic E-state index is 0.0254. The first-order chi connectivity index (χ1) is 30.1. The highest BCUT2D eigenvalue weighted by Gasteiger charge is 2.25. The smallest absolute Gasteiger partial charge is 0.306 e. The third kappa shape index (κ3) is 41.6. The third-order valence-corrected chi connectivity index (χ3v) is 10.3. The molecule has 0 spiro atoms. The highest BCUT2D eigenvalue weighted by atomic mass is 16.6. The van der Waals surface area contributed by atoms with Crippen molar-refractivity contribution in [3.63, 3.8) is 0 Å². The van der Waals surface area contributed by atoms with Gasteiger partial charge in [0.1, 0.15) is 12.6 Å². The summed E-state index contributed by atoms with van der Waals surface area (Å²) in [5.74, 6) is -1.78. The Labute approximate surface area is 379 Å². The number of quaternary nitrogens is 1. The van der Waals surface area contributed by atoms with Crippen LogP contribution >= 0.6 is 0 Å². The number of aliphatic carboxylic acids is 1. The van der Waals surface area contributed by atoms with Crippen molar-refractivity contribution in [2.75, 3.05) is 41.0 Å². The summed E-state index contributed by atoms with van der Waals surface area (Å²) in [6, 6.07) is -0.736. The number of hydrogen-bond donors (Lipinski definition) is 0. The zero-order valence-electron chi connectivity index (χ0n) is 40.0. The number of nitrogens with zero attached hydrogens (tertiary/aromatic N) is 1. The van der Waals surface area contributed by atoms with Gasteiger partial charge in [-0.05, 0) is 70.6 Å². The van der Waals surface area contributed by atoms with Crippen LogP contribution in [0.2, 0.25) is 0 Å². The lowest BCUT2D eigenvalue weighted by Gasteiger charge is -2.34. The van der Waals surface area contributed by atoms with Crippen LogP contribution in [0.3, 0.4) is 0 Å². The van der Waals surface area contributed by atoms with Crippen molar-refractivity contribution in [1.29, 1.82) is 0 Å². The number of likely N-dealkylation sites (N-methyl/N-ethyl adjacent to an activating group) is 1. The molecule has 8 nitrogen and oxygen atoms in total. The molecule has 0 aliphatic heterocycles. The summed E-state index contributed by atoms with van der Waals surface area (Å²) in [5, 5.41) is 11.7. The van der Waals surface area contributed by atoms with E-state index in [1.54, 1.807) is 21.1 Å². The zero-order chi connectivity index (χ0) is 45.6. The fourth-order valence-corrected chi connectivity index (χ4v) is 6.60. The zero-order valence-corrected chi connectivity index (χ0v) is 40.0. The fraction of sp³-hybridized carbons (Fsp3) is 0.648. The van der Waals surface area contributed by atoms with Crippen LogP contribution in [0.1, 0.15) is 174 Å². The largest absolute Gasteiger partial charge is 0.544 e. The van der Waals surface area contributed by atoms with Gasteiger partial charge in [0.2, 0.25) is 0 Å². The van der Waals surface area contributed by atoms with E-state index in [4.69, 9.17) is 14.2 Å². The second-order valence-corrected chi connectivity index (χ2v) is 17.0. The highest BCUT2D eigenvalue weighted by molar-refractivity contribution is 5.70. The quantitative estimate of drug-likeness (QED) is 0.0198. The summed E-state index contributed by atoms with van der Waals surface area (Å²) in [6.07, 6.45) is 58.6. The lowest BCUT2D eigenvalue weighted by atomic mass is 10.0. The van der Waals surface area contributed by atoms with E-state index in [2.05, 4.69) is 80.7 Å². The molecule has 0 heterocycles. The number of esters is 2. The molecule has 2 atom stereocenters. The number of carboxylic acids is 1. The summed E-state index contributed by atoms with van der Waals surface area (Å²) in [5.41, 5.74) is 0. The van der Waals surface area contributed by atoms with Crippen LogP contribution in [0.15, 0.2) is 97.2 Å². The average Bonchev–Trinajstić information content (AvgIpc) is 3.23. The molecule has 62 heavy (non-hydrogen) atoms. The van der Waals surface area contributed by atoms with Gasteiger partial charge in [-0.25, -0.2) is 0 Å². The molecule has 0 aromatic rings. The van der Waals surface area contributed by atoms with Crippen molar-refractivity contribution in [2.45, 2.75) is 187 Å². The van der Waals surface area contributed by atoms with Crippen LogP contribution in [0.5, 0.6) is 0 Å². The van der Waals surface area contributed by atoms with E-state index in [0.29, 0.717) is 12.8 Å². The number of unbranched alkanes of at least 4 members (excludes halogenated alkanes) is 15. The summed E-state index contributed by atoms with van der Waals surface area (Å²) >= 11 is 0. The van der Waals surface area contributed by atoms with Crippen molar-refractivity contribution < 1.29 is 38.2 Å². The van der Waals surface area contributed by atoms with Gasteiger partial charge in [-0.2, -0.15) is 0 Å². The molecule has 0 saturated heterocycles. The van der Waals surface area contributed by atoms with Gasteiger partial charge in [-0.3, -0.25) is 9.59 Å². The Bertz CT molecular complexity index is 1330. The fourth-order valence-electron chi connectivity index (χ4n) is 6.60. The lowest BCUT2D eigenvalue weighted by Crippen LogP contribution is -2.55. The van der Waals surface area contributed by atoms with Crippen LogP contribution in [-0.4, -0.2) is 75.5 Å². The summed E-state index contributed by atoms with van der Waals surface area (Å²) in [6.45, 7) is 4.37. The maximum atomic E-state index is 12.8.